The number of nitriles is 1. The Bertz CT molecular complexity index is 1150. The van der Waals surface area contributed by atoms with E-state index in [1.54, 1.807) is 25.7 Å². The predicted molar refractivity (Wildman–Crippen MR) is 146 cm³/mol. The molecule has 14 heteroatoms. The maximum absolute atomic E-state index is 14.7. The Hall–Kier alpha value is -2.89. The second kappa shape index (κ2) is 13.2. The van der Waals surface area contributed by atoms with E-state index in [9.17, 15) is 42.5 Å². The van der Waals surface area contributed by atoms with E-state index in [1.807, 2.05) is 6.07 Å². The zero-order chi connectivity index (χ0) is 31.5. The summed E-state index contributed by atoms with van der Waals surface area (Å²) in [5.41, 5.74) is -1.48. The molecule has 0 aliphatic carbocycles. The summed E-state index contributed by atoms with van der Waals surface area (Å²) in [6, 6.07) is 7.25. The van der Waals surface area contributed by atoms with Gasteiger partial charge < -0.3 is 25.0 Å². The smallest absolute Gasteiger partial charge is 0.447 e. The molecule has 2 aliphatic rings. The van der Waals surface area contributed by atoms with Crippen molar-refractivity contribution in [1.82, 2.24) is 15.1 Å². The van der Waals surface area contributed by atoms with Crippen LogP contribution in [0, 0.1) is 29.0 Å². The van der Waals surface area contributed by atoms with Crippen molar-refractivity contribution < 1.29 is 41.9 Å². The Balaban J connectivity index is 1.64. The lowest BCUT2D eigenvalue weighted by atomic mass is 9.76. The first-order chi connectivity index (χ1) is 19.5. The quantitative estimate of drug-likeness (QED) is 0.264. The summed E-state index contributed by atoms with van der Waals surface area (Å²) in [7, 11) is -1.97. The van der Waals surface area contributed by atoms with E-state index in [1.165, 1.54) is 36.1 Å². The van der Waals surface area contributed by atoms with Gasteiger partial charge in [0.05, 0.1) is 30.6 Å². The Morgan fingerprint density at radius 2 is 1.93 bits per heavy atom. The molecular formula is C28H39BF4N4O5. The van der Waals surface area contributed by atoms with Crippen LogP contribution < -0.4 is 5.32 Å². The minimum atomic E-state index is -2.79. The summed E-state index contributed by atoms with van der Waals surface area (Å²) in [6.07, 6.45) is -2.67. The third-order valence-electron chi connectivity index (χ3n) is 8.33. The number of halogens is 4. The summed E-state index contributed by atoms with van der Waals surface area (Å²) in [5, 5.41) is 31.7. The molecule has 0 spiro atoms. The fourth-order valence-corrected chi connectivity index (χ4v) is 5.96. The minimum absolute atomic E-state index is 0.0470. The number of alkyl carbamates (subject to hydrolysis) is 1. The van der Waals surface area contributed by atoms with E-state index in [0.29, 0.717) is 5.56 Å². The summed E-state index contributed by atoms with van der Waals surface area (Å²) in [4.78, 5) is 29.0. The van der Waals surface area contributed by atoms with Crippen LogP contribution in [0.2, 0.25) is 0 Å². The van der Waals surface area contributed by atoms with Crippen LogP contribution in [-0.2, 0) is 16.0 Å². The normalized spacial score (nSPS) is 24.5. The number of hydrogen-bond acceptors (Lipinski definition) is 7. The first kappa shape index (κ1) is 33.6. The fraction of sp³-hybridized carbons (Fsp3) is 0.679. The number of hydrogen-bond donors (Lipinski definition) is 3. The predicted octanol–water partition coefficient (Wildman–Crippen LogP) is 3.09. The minimum Gasteiger partial charge on any atom is -0.447 e. The number of carbonyl (C=O) groups excluding carboxylic acids is 2. The molecule has 1 aromatic rings. The molecule has 2 unspecified atom stereocenters. The van der Waals surface area contributed by atoms with Crippen LogP contribution in [0.3, 0.4) is 0 Å². The molecule has 2 saturated heterocycles. The molecule has 3 N–H and O–H groups in total. The van der Waals surface area contributed by atoms with Gasteiger partial charge in [-0.2, -0.15) is 5.26 Å². The second-order valence-electron chi connectivity index (χ2n) is 12.4. The van der Waals surface area contributed by atoms with Gasteiger partial charge in [0, 0.05) is 24.9 Å². The third kappa shape index (κ3) is 8.36. The van der Waals surface area contributed by atoms with Gasteiger partial charge in [0.15, 0.2) is 0 Å². The molecule has 2 amide bonds. The number of likely N-dealkylation sites (tertiary alicyclic amines) is 2. The zero-order valence-corrected chi connectivity index (χ0v) is 24.3. The number of amides is 2. The van der Waals surface area contributed by atoms with Crippen molar-refractivity contribution in [2.45, 2.75) is 82.5 Å². The van der Waals surface area contributed by atoms with Gasteiger partial charge in [-0.05, 0) is 57.2 Å². The van der Waals surface area contributed by atoms with Crippen molar-refractivity contribution in [1.29, 1.82) is 5.26 Å². The number of nitrogens with zero attached hydrogens (tertiary/aromatic N) is 3. The van der Waals surface area contributed by atoms with Crippen LogP contribution in [0.4, 0.5) is 22.4 Å². The molecule has 232 valence electrons. The maximum atomic E-state index is 14.7. The molecule has 5 atom stereocenters. The van der Waals surface area contributed by atoms with E-state index < -0.39 is 79.0 Å². The first-order valence-electron chi connectivity index (χ1n) is 14.0. The lowest BCUT2D eigenvalue weighted by Crippen LogP contribution is -2.53. The summed E-state index contributed by atoms with van der Waals surface area (Å²) in [6.45, 7) is 5.86. The summed E-state index contributed by atoms with van der Waals surface area (Å²) in [5.74, 6) is -6.84. The van der Waals surface area contributed by atoms with E-state index in [0.717, 1.165) is 0 Å². The van der Waals surface area contributed by atoms with E-state index >= 15 is 0 Å². The van der Waals surface area contributed by atoms with E-state index in [2.05, 4.69) is 5.32 Å². The van der Waals surface area contributed by atoms with Gasteiger partial charge in [-0.3, -0.25) is 9.69 Å². The SMILES string of the molecule is CC(CC(C)(C)N1CCC(F)(F)C1)C(C#N)C(=O)N1C[C@@H](F)C[C@]1(C)COC(=O)N[C@@H](Cc1ccc(F)cc1)B(O)O. The Morgan fingerprint density at radius 3 is 2.48 bits per heavy atom. The number of benzene rings is 1. The molecule has 2 fully saturated rings. The van der Waals surface area contributed by atoms with Gasteiger partial charge in [0.1, 0.15) is 24.5 Å². The van der Waals surface area contributed by atoms with Crippen molar-refractivity contribution in [2.75, 3.05) is 26.2 Å². The molecule has 0 radical (unpaired) electrons. The third-order valence-corrected chi connectivity index (χ3v) is 8.33. The number of carbonyl (C=O) groups is 2. The van der Waals surface area contributed by atoms with Gasteiger partial charge in [0.2, 0.25) is 5.91 Å². The van der Waals surface area contributed by atoms with Crippen molar-refractivity contribution in [3.63, 3.8) is 0 Å². The lowest BCUT2D eigenvalue weighted by molar-refractivity contribution is -0.140. The molecule has 2 aliphatic heterocycles. The van der Waals surface area contributed by atoms with Crippen LogP contribution in [0.15, 0.2) is 24.3 Å². The van der Waals surface area contributed by atoms with Crippen LogP contribution in [0.25, 0.3) is 0 Å². The average molecular weight is 598 g/mol. The molecule has 0 bridgehead atoms. The lowest BCUT2D eigenvalue weighted by Gasteiger charge is -2.40. The van der Waals surface area contributed by atoms with Gasteiger partial charge >= 0.3 is 13.2 Å². The molecule has 3 rings (SSSR count). The number of alkyl halides is 3. The largest absolute Gasteiger partial charge is 0.475 e. The molecule has 1 aromatic carbocycles. The number of ether oxygens (including phenoxy) is 1. The van der Waals surface area contributed by atoms with E-state index in [-0.39, 0.29) is 38.8 Å². The average Bonchev–Trinajstić information content (AvgIpc) is 3.42. The second-order valence-corrected chi connectivity index (χ2v) is 12.4. The standard InChI is InChI=1S/C28H39BF4N4O5/c1-18(12-26(2,3)36-10-9-28(32,33)16-36)22(14-34)24(38)37-15-21(31)13-27(37,4)17-42-25(39)35-23(29(40)41)11-19-5-7-20(30)8-6-19/h5-8,18,21-23,40-41H,9-13,15-17H2,1-4H3,(H,35,39)/t18?,21-,22?,23-,27+/m0/s1. The van der Waals surface area contributed by atoms with Gasteiger partial charge in [0.25, 0.3) is 5.92 Å². The number of nitrogens with one attached hydrogen (secondary N) is 1. The van der Waals surface area contributed by atoms with Crippen LogP contribution in [-0.4, -0.2) is 94.3 Å². The van der Waals surface area contributed by atoms with Crippen molar-refractivity contribution in [2.24, 2.45) is 11.8 Å². The number of rotatable bonds is 11. The highest BCUT2D eigenvalue weighted by Crippen LogP contribution is 2.38. The monoisotopic (exact) mass is 598 g/mol. The highest BCUT2D eigenvalue weighted by atomic mass is 19.3. The zero-order valence-electron chi connectivity index (χ0n) is 24.3. The highest BCUT2D eigenvalue weighted by molar-refractivity contribution is 6.43. The maximum Gasteiger partial charge on any atom is 0.475 e. The molecule has 0 aromatic heterocycles. The van der Waals surface area contributed by atoms with Crippen molar-refractivity contribution in [3.8, 4) is 6.07 Å². The van der Waals surface area contributed by atoms with Crippen LogP contribution in [0.1, 0.15) is 52.5 Å². The molecule has 9 nitrogen and oxygen atoms in total. The summed E-state index contributed by atoms with van der Waals surface area (Å²) < 4.78 is 60.8. The van der Waals surface area contributed by atoms with Crippen molar-refractivity contribution >= 4 is 19.1 Å². The molecular weight excluding hydrogens is 559 g/mol. The molecule has 42 heavy (non-hydrogen) atoms. The van der Waals surface area contributed by atoms with E-state index in [4.69, 9.17) is 4.74 Å². The Morgan fingerprint density at radius 1 is 1.29 bits per heavy atom. The Labute approximate surface area is 243 Å². The van der Waals surface area contributed by atoms with Gasteiger partial charge in [-0.1, -0.05) is 19.1 Å². The highest BCUT2D eigenvalue weighted by Gasteiger charge is 2.50. The molecule has 2 heterocycles. The van der Waals surface area contributed by atoms with Crippen molar-refractivity contribution in [3.05, 3.63) is 35.6 Å². The van der Waals surface area contributed by atoms with Crippen LogP contribution in [0.5, 0.6) is 0 Å². The Kier molecular flexibility index (Phi) is 10.5. The van der Waals surface area contributed by atoms with Gasteiger partial charge in [-0.25, -0.2) is 22.4 Å². The van der Waals surface area contributed by atoms with Gasteiger partial charge in [-0.15, -0.1) is 0 Å². The first-order valence-corrected chi connectivity index (χ1v) is 14.0. The molecule has 0 saturated carbocycles. The summed E-state index contributed by atoms with van der Waals surface area (Å²) >= 11 is 0. The fourth-order valence-electron chi connectivity index (χ4n) is 5.96. The van der Waals surface area contributed by atoms with Crippen LogP contribution >= 0.6 is 0 Å². The topological polar surface area (TPSA) is 126 Å².